The first-order valence-corrected chi connectivity index (χ1v) is 10.3. The standard InChI is InChI=1S/C24H22N2S/c1-16-11-20-14-27-15-24(20)22(17(16)2)10-9-21-8-7-19(13-26-21)23-6-4-3-5-18(23)12-25/h3-10,13-17,22H,11H2,1-2H3/b10-9+/t16-,17+,22-/m0/s1. The fraction of sp³-hybridized carbons (Fsp3) is 0.250. The second-order valence-corrected chi connectivity index (χ2v) is 8.15. The summed E-state index contributed by atoms with van der Waals surface area (Å²) in [6.45, 7) is 4.71. The molecule has 0 saturated heterocycles. The Morgan fingerprint density at radius 1 is 1.15 bits per heavy atom. The Kier molecular flexibility index (Phi) is 4.92. The first-order valence-electron chi connectivity index (χ1n) is 9.36. The Balaban J connectivity index is 1.58. The van der Waals surface area contributed by atoms with Crippen molar-refractivity contribution in [3.05, 3.63) is 81.8 Å². The van der Waals surface area contributed by atoms with E-state index in [1.54, 1.807) is 0 Å². The predicted molar refractivity (Wildman–Crippen MR) is 113 cm³/mol. The number of benzene rings is 1. The molecule has 0 unspecified atom stereocenters. The van der Waals surface area contributed by atoms with Crippen LogP contribution >= 0.6 is 11.3 Å². The second kappa shape index (κ2) is 7.50. The summed E-state index contributed by atoms with van der Waals surface area (Å²) in [4.78, 5) is 4.61. The van der Waals surface area contributed by atoms with Crippen LogP contribution in [0.1, 0.15) is 42.1 Å². The van der Waals surface area contributed by atoms with E-state index < -0.39 is 0 Å². The number of rotatable bonds is 3. The van der Waals surface area contributed by atoms with Crippen molar-refractivity contribution in [3.8, 4) is 17.2 Å². The minimum atomic E-state index is 0.454. The monoisotopic (exact) mass is 370 g/mol. The van der Waals surface area contributed by atoms with E-state index in [0.29, 0.717) is 23.3 Å². The van der Waals surface area contributed by atoms with Gasteiger partial charge in [-0.05, 0) is 58.4 Å². The summed E-state index contributed by atoms with van der Waals surface area (Å²) < 4.78 is 0. The number of fused-ring (bicyclic) bond motifs is 1. The lowest BCUT2D eigenvalue weighted by atomic mass is 9.72. The maximum absolute atomic E-state index is 9.29. The van der Waals surface area contributed by atoms with Crippen molar-refractivity contribution in [2.24, 2.45) is 11.8 Å². The highest BCUT2D eigenvalue weighted by Crippen LogP contribution is 2.42. The lowest BCUT2D eigenvalue weighted by Crippen LogP contribution is -2.23. The van der Waals surface area contributed by atoms with Gasteiger partial charge in [-0.25, -0.2) is 0 Å². The smallest absolute Gasteiger partial charge is 0.0998 e. The van der Waals surface area contributed by atoms with Crippen LogP contribution in [0, 0.1) is 23.2 Å². The molecule has 0 amide bonds. The zero-order valence-electron chi connectivity index (χ0n) is 15.6. The summed E-state index contributed by atoms with van der Waals surface area (Å²) in [5, 5.41) is 13.9. The van der Waals surface area contributed by atoms with Crippen molar-refractivity contribution in [3.63, 3.8) is 0 Å². The molecule has 1 aliphatic carbocycles. The molecule has 2 nitrogen and oxygen atoms in total. The van der Waals surface area contributed by atoms with Crippen LogP contribution in [0.5, 0.6) is 0 Å². The predicted octanol–water partition coefficient (Wildman–Crippen LogP) is 6.31. The third-order valence-corrected chi connectivity index (χ3v) is 6.57. The fourth-order valence-electron chi connectivity index (χ4n) is 3.94. The average Bonchev–Trinajstić information content (AvgIpc) is 3.16. The van der Waals surface area contributed by atoms with Gasteiger partial charge in [-0.3, -0.25) is 4.98 Å². The number of hydrogen-bond acceptors (Lipinski definition) is 3. The van der Waals surface area contributed by atoms with E-state index in [0.717, 1.165) is 16.8 Å². The second-order valence-electron chi connectivity index (χ2n) is 7.41. The first-order chi connectivity index (χ1) is 13.2. The highest BCUT2D eigenvalue weighted by molar-refractivity contribution is 7.08. The van der Waals surface area contributed by atoms with Crippen molar-refractivity contribution in [2.75, 3.05) is 0 Å². The molecule has 2 heterocycles. The van der Waals surface area contributed by atoms with Crippen LogP contribution in [0.25, 0.3) is 17.2 Å². The van der Waals surface area contributed by atoms with Crippen molar-refractivity contribution in [2.45, 2.75) is 26.2 Å². The molecule has 0 fully saturated rings. The van der Waals surface area contributed by atoms with E-state index in [4.69, 9.17) is 0 Å². The minimum absolute atomic E-state index is 0.454. The summed E-state index contributed by atoms with van der Waals surface area (Å²) in [7, 11) is 0. The number of hydrogen-bond donors (Lipinski definition) is 0. The SMILES string of the molecule is C[C@H]1[C@H](/C=C/c2ccc(-c3ccccc3C#N)cn2)c2cscc2C[C@@H]1C. The maximum Gasteiger partial charge on any atom is 0.0998 e. The number of aromatic nitrogens is 1. The van der Waals surface area contributed by atoms with Crippen LogP contribution in [-0.4, -0.2) is 4.98 Å². The van der Waals surface area contributed by atoms with Gasteiger partial charge in [0.2, 0.25) is 0 Å². The lowest BCUT2D eigenvalue weighted by molar-refractivity contribution is 0.333. The van der Waals surface area contributed by atoms with Gasteiger partial charge in [0.25, 0.3) is 0 Å². The molecule has 3 heteroatoms. The Bertz CT molecular complexity index is 1010. The molecular weight excluding hydrogens is 348 g/mol. The summed E-state index contributed by atoms with van der Waals surface area (Å²) in [6, 6.07) is 14.0. The number of thiophene rings is 1. The summed E-state index contributed by atoms with van der Waals surface area (Å²) in [6.07, 6.45) is 7.51. The average molecular weight is 371 g/mol. The summed E-state index contributed by atoms with van der Waals surface area (Å²) in [5.74, 6) is 1.78. The molecular formula is C24H22N2S. The molecule has 4 rings (SSSR count). The van der Waals surface area contributed by atoms with E-state index in [1.807, 2.05) is 53.9 Å². The van der Waals surface area contributed by atoms with E-state index in [2.05, 4.69) is 47.8 Å². The molecule has 0 radical (unpaired) electrons. The van der Waals surface area contributed by atoms with Crippen molar-refractivity contribution >= 4 is 17.4 Å². The van der Waals surface area contributed by atoms with Gasteiger partial charge in [-0.1, -0.05) is 44.2 Å². The molecule has 134 valence electrons. The molecule has 1 aliphatic rings. The van der Waals surface area contributed by atoms with Gasteiger partial charge in [0.05, 0.1) is 17.3 Å². The van der Waals surface area contributed by atoms with Gasteiger partial charge in [0.1, 0.15) is 0 Å². The zero-order valence-corrected chi connectivity index (χ0v) is 16.4. The molecule has 0 bridgehead atoms. The third kappa shape index (κ3) is 3.46. The molecule has 2 aromatic heterocycles. The van der Waals surface area contributed by atoms with Gasteiger partial charge in [0.15, 0.2) is 0 Å². The van der Waals surface area contributed by atoms with Crippen LogP contribution in [0.3, 0.4) is 0 Å². The van der Waals surface area contributed by atoms with Gasteiger partial charge in [-0.2, -0.15) is 16.6 Å². The number of nitrogens with zero attached hydrogens (tertiary/aromatic N) is 2. The third-order valence-electron chi connectivity index (χ3n) is 5.76. The normalized spacial score (nSPS) is 21.7. The highest BCUT2D eigenvalue weighted by atomic mass is 32.1. The highest BCUT2D eigenvalue weighted by Gasteiger charge is 2.30. The van der Waals surface area contributed by atoms with Crippen molar-refractivity contribution in [1.29, 1.82) is 5.26 Å². The van der Waals surface area contributed by atoms with Gasteiger partial charge in [0, 0.05) is 23.2 Å². The molecule has 0 N–H and O–H groups in total. The summed E-state index contributed by atoms with van der Waals surface area (Å²) in [5.41, 5.74) is 6.54. The van der Waals surface area contributed by atoms with Gasteiger partial charge >= 0.3 is 0 Å². The first kappa shape index (κ1) is 17.7. The molecule has 3 atom stereocenters. The maximum atomic E-state index is 9.29. The molecule has 27 heavy (non-hydrogen) atoms. The van der Waals surface area contributed by atoms with E-state index in [-0.39, 0.29) is 0 Å². The lowest BCUT2D eigenvalue weighted by Gasteiger charge is -2.32. The number of allylic oxidation sites excluding steroid dienone is 1. The van der Waals surface area contributed by atoms with E-state index in [1.165, 1.54) is 17.5 Å². The molecule has 0 aliphatic heterocycles. The quantitative estimate of drug-likeness (QED) is 0.542. The Morgan fingerprint density at radius 2 is 2.00 bits per heavy atom. The number of pyridine rings is 1. The zero-order chi connectivity index (χ0) is 18.8. The molecule has 0 saturated carbocycles. The van der Waals surface area contributed by atoms with Gasteiger partial charge < -0.3 is 0 Å². The van der Waals surface area contributed by atoms with Crippen LogP contribution in [0.15, 0.2) is 59.4 Å². The van der Waals surface area contributed by atoms with Crippen LogP contribution in [0.2, 0.25) is 0 Å². The van der Waals surface area contributed by atoms with Crippen molar-refractivity contribution < 1.29 is 0 Å². The Hall–Kier alpha value is -2.70. The van der Waals surface area contributed by atoms with E-state index >= 15 is 0 Å². The summed E-state index contributed by atoms with van der Waals surface area (Å²) >= 11 is 1.81. The van der Waals surface area contributed by atoms with Crippen LogP contribution in [0.4, 0.5) is 0 Å². The topological polar surface area (TPSA) is 36.7 Å². The fourth-order valence-corrected chi connectivity index (χ4v) is 4.86. The van der Waals surface area contributed by atoms with E-state index in [9.17, 15) is 5.26 Å². The van der Waals surface area contributed by atoms with Crippen LogP contribution < -0.4 is 0 Å². The molecule has 0 spiro atoms. The largest absolute Gasteiger partial charge is 0.256 e. The minimum Gasteiger partial charge on any atom is -0.256 e. The Morgan fingerprint density at radius 3 is 2.78 bits per heavy atom. The van der Waals surface area contributed by atoms with Gasteiger partial charge in [-0.15, -0.1) is 0 Å². The van der Waals surface area contributed by atoms with Crippen LogP contribution in [-0.2, 0) is 6.42 Å². The Labute approximate surface area is 164 Å². The number of nitriles is 1. The van der Waals surface area contributed by atoms with Crippen molar-refractivity contribution in [1.82, 2.24) is 4.98 Å². The molecule has 3 aromatic rings. The molecule has 1 aromatic carbocycles.